The number of benzene rings is 2. The van der Waals surface area contributed by atoms with E-state index in [1.807, 2.05) is 6.07 Å². The normalized spacial score (nSPS) is 15.4. The van der Waals surface area contributed by atoms with Gasteiger partial charge in [-0.25, -0.2) is 5.43 Å². The molecule has 0 saturated heterocycles. The van der Waals surface area contributed by atoms with E-state index in [1.54, 1.807) is 30.5 Å². The molecule has 27 heavy (non-hydrogen) atoms. The number of carbonyl (C=O) groups excluding carboxylic acids is 1. The Morgan fingerprint density at radius 3 is 2.70 bits per heavy atom. The van der Waals surface area contributed by atoms with E-state index >= 15 is 0 Å². The average Bonchev–Trinajstić information content (AvgIpc) is 2.62. The van der Waals surface area contributed by atoms with Gasteiger partial charge in [-0.15, -0.1) is 0 Å². The third-order valence-corrected chi connectivity index (χ3v) is 5.15. The molecule has 140 valence electrons. The number of nitrogens with one attached hydrogen (secondary N) is 1. The smallest absolute Gasteiger partial charge is 0.272 e. The molecule has 0 unspecified atom stereocenters. The number of hydrogen-bond donors (Lipinski definition) is 1. The van der Waals surface area contributed by atoms with E-state index < -0.39 is 0 Å². The van der Waals surface area contributed by atoms with Gasteiger partial charge in [0.25, 0.3) is 5.91 Å². The van der Waals surface area contributed by atoms with Crippen molar-refractivity contribution < 1.29 is 4.79 Å². The van der Waals surface area contributed by atoms with Crippen LogP contribution >= 0.6 is 11.6 Å². The molecule has 0 radical (unpaired) electrons. The zero-order valence-corrected chi connectivity index (χ0v) is 16.8. The molecule has 4 nitrogen and oxygen atoms in total. The SMILES string of the molecule is CCN1c2ccc(/C=N/NC(=O)c3ccccc3Cl)cc2C(C)=CC1(C)C. The van der Waals surface area contributed by atoms with Gasteiger partial charge in [0.05, 0.1) is 22.3 Å². The summed E-state index contributed by atoms with van der Waals surface area (Å²) in [6, 6.07) is 13.1. The van der Waals surface area contributed by atoms with Crippen LogP contribution in [0.3, 0.4) is 0 Å². The summed E-state index contributed by atoms with van der Waals surface area (Å²) in [5.41, 5.74) is 7.52. The minimum absolute atomic E-state index is 0.00956. The topological polar surface area (TPSA) is 44.7 Å². The molecule has 0 aromatic heterocycles. The number of hydrazone groups is 1. The second-order valence-electron chi connectivity index (χ2n) is 7.18. The van der Waals surface area contributed by atoms with E-state index in [-0.39, 0.29) is 11.4 Å². The first kappa shape index (κ1) is 19.2. The lowest BCUT2D eigenvalue weighted by Crippen LogP contribution is -2.44. The lowest BCUT2D eigenvalue weighted by atomic mass is 9.88. The highest BCUT2D eigenvalue weighted by Crippen LogP contribution is 2.38. The van der Waals surface area contributed by atoms with Crippen LogP contribution in [0.1, 0.15) is 49.2 Å². The van der Waals surface area contributed by atoms with Gasteiger partial charge in [0.1, 0.15) is 0 Å². The number of allylic oxidation sites excluding steroid dienone is 1. The van der Waals surface area contributed by atoms with Gasteiger partial charge in [0, 0.05) is 17.8 Å². The van der Waals surface area contributed by atoms with E-state index in [0.717, 1.165) is 12.1 Å². The number of anilines is 1. The summed E-state index contributed by atoms with van der Waals surface area (Å²) in [6.07, 6.45) is 3.94. The third-order valence-electron chi connectivity index (χ3n) is 4.82. The Balaban J connectivity index is 1.80. The lowest BCUT2D eigenvalue weighted by Gasteiger charge is -2.42. The fourth-order valence-electron chi connectivity index (χ4n) is 3.63. The fourth-order valence-corrected chi connectivity index (χ4v) is 3.85. The van der Waals surface area contributed by atoms with Crippen molar-refractivity contribution in [3.8, 4) is 0 Å². The molecule has 0 aliphatic carbocycles. The van der Waals surface area contributed by atoms with Crippen LogP contribution in [0, 0.1) is 0 Å². The van der Waals surface area contributed by atoms with Crippen molar-refractivity contribution in [2.45, 2.75) is 33.2 Å². The van der Waals surface area contributed by atoms with Crippen molar-refractivity contribution in [1.29, 1.82) is 0 Å². The Labute approximate surface area is 165 Å². The highest BCUT2D eigenvalue weighted by Gasteiger charge is 2.29. The predicted molar refractivity (Wildman–Crippen MR) is 114 cm³/mol. The maximum atomic E-state index is 12.2. The van der Waals surface area contributed by atoms with E-state index in [2.05, 4.69) is 61.3 Å². The van der Waals surface area contributed by atoms with Crippen molar-refractivity contribution in [2.24, 2.45) is 5.10 Å². The first-order valence-electron chi connectivity index (χ1n) is 9.03. The van der Waals surface area contributed by atoms with Crippen molar-refractivity contribution in [3.63, 3.8) is 0 Å². The van der Waals surface area contributed by atoms with Crippen LogP contribution in [-0.2, 0) is 0 Å². The number of amides is 1. The first-order chi connectivity index (χ1) is 12.8. The van der Waals surface area contributed by atoms with Crippen LogP contribution in [0.25, 0.3) is 5.57 Å². The molecule has 1 aliphatic heterocycles. The second kappa shape index (κ2) is 7.57. The largest absolute Gasteiger partial charge is 0.363 e. The third kappa shape index (κ3) is 3.91. The number of hydrogen-bond acceptors (Lipinski definition) is 3. The minimum Gasteiger partial charge on any atom is -0.363 e. The van der Waals surface area contributed by atoms with Gasteiger partial charge in [-0.05, 0) is 63.1 Å². The van der Waals surface area contributed by atoms with Crippen LogP contribution in [0.15, 0.2) is 53.6 Å². The van der Waals surface area contributed by atoms with Crippen LogP contribution in [0.4, 0.5) is 5.69 Å². The maximum Gasteiger partial charge on any atom is 0.272 e. The number of rotatable bonds is 4. The standard InChI is InChI=1S/C22H24ClN3O/c1-5-26-20-11-10-16(12-18(20)15(2)13-22(26,3)4)14-24-25-21(27)17-8-6-7-9-19(17)23/h6-14H,5H2,1-4H3,(H,25,27)/b24-14+. The molecule has 1 amide bonds. The zero-order valence-electron chi connectivity index (χ0n) is 16.1. The monoisotopic (exact) mass is 381 g/mol. The number of halogens is 1. The maximum absolute atomic E-state index is 12.2. The summed E-state index contributed by atoms with van der Waals surface area (Å²) in [6.45, 7) is 9.68. The highest BCUT2D eigenvalue weighted by atomic mass is 35.5. The quantitative estimate of drug-likeness (QED) is 0.589. The first-order valence-corrected chi connectivity index (χ1v) is 9.40. The van der Waals surface area contributed by atoms with E-state index in [0.29, 0.717) is 10.6 Å². The van der Waals surface area contributed by atoms with Gasteiger partial charge in [0.2, 0.25) is 0 Å². The van der Waals surface area contributed by atoms with Gasteiger partial charge in [-0.1, -0.05) is 35.9 Å². The summed E-state index contributed by atoms with van der Waals surface area (Å²) in [4.78, 5) is 14.6. The van der Waals surface area contributed by atoms with Crippen LogP contribution < -0.4 is 10.3 Å². The van der Waals surface area contributed by atoms with Gasteiger partial charge in [-0.3, -0.25) is 4.79 Å². The summed E-state index contributed by atoms with van der Waals surface area (Å²) in [5.74, 6) is -0.329. The van der Waals surface area contributed by atoms with Crippen LogP contribution in [0.2, 0.25) is 5.02 Å². The fraction of sp³-hybridized carbons (Fsp3) is 0.273. The Kier molecular flexibility index (Phi) is 5.38. The summed E-state index contributed by atoms with van der Waals surface area (Å²) < 4.78 is 0. The number of nitrogens with zero attached hydrogens (tertiary/aromatic N) is 2. The summed E-state index contributed by atoms with van der Waals surface area (Å²) in [5, 5.41) is 4.49. The second-order valence-corrected chi connectivity index (χ2v) is 7.59. The van der Waals surface area contributed by atoms with Crippen molar-refractivity contribution in [1.82, 2.24) is 5.43 Å². The number of fused-ring (bicyclic) bond motifs is 1. The molecule has 2 aromatic carbocycles. The Morgan fingerprint density at radius 1 is 1.26 bits per heavy atom. The number of likely N-dealkylation sites (N-methyl/N-ethyl adjacent to an activating group) is 1. The molecule has 0 fully saturated rings. The van der Waals surface area contributed by atoms with E-state index in [1.165, 1.54) is 16.8 Å². The molecule has 0 spiro atoms. The average molecular weight is 382 g/mol. The zero-order chi connectivity index (χ0) is 19.6. The molecular formula is C22H24ClN3O. The molecular weight excluding hydrogens is 358 g/mol. The molecule has 5 heteroatoms. The van der Waals surface area contributed by atoms with Gasteiger partial charge in [-0.2, -0.15) is 5.10 Å². The molecule has 0 bridgehead atoms. The molecule has 0 atom stereocenters. The van der Waals surface area contributed by atoms with Crippen molar-refractivity contribution in [3.05, 3.63) is 70.3 Å². The van der Waals surface area contributed by atoms with Crippen molar-refractivity contribution >= 4 is 35.0 Å². The van der Waals surface area contributed by atoms with Crippen LogP contribution in [-0.4, -0.2) is 24.2 Å². The molecule has 1 heterocycles. The molecule has 1 aliphatic rings. The minimum atomic E-state index is -0.329. The Morgan fingerprint density at radius 2 is 2.00 bits per heavy atom. The lowest BCUT2D eigenvalue weighted by molar-refractivity contribution is 0.0955. The summed E-state index contributed by atoms with van der Waals surface area (Å²) >= 11 is 6.04. The molecule has 0 saturated carbocycles. The van der Waals surface area contributed by atoms with Crippen molar-refractivity contribution in [2.75, 3.05) is 11.4 Å². The van der Waals surface area contributed by atoms with E-state index in [9.17, 15) is 4.79 Å². The van der Waals surface area contributed by atoms with Gasteiger partial charge >= 0.3 is 0 Å². The Bertz CT molecular complexity index is 931. The number of carbonyl (C=O) groups is 1. The Hall–Kier alpha value is -2.59. The van der Waals surface area contributed by atoms with Gasteiger partial charge in [0.15, 0.2) is 0 Å². The predicted octanol–water partition coefficient (Wildman–Crippen LogP) is 5.13. The van der Waals surface area contributed by atoms with E-state index in [4.69, 9.17) is 11.6 Å². The summed E-state index contributed by atoms with van der Waals surface area (Å²) in [7, 11) is 0. The molecule has 3 rings (SSSR count). The van der Waals surface area contributed by atoms with Crippen LogP contribution in [0.5, 0.6) is 0 Å². The van der Waals surface area contributed by atoms with Gasteiger partial charge < -0.3 is 4.90 Å². The molecule has 1 N–H and O–H groups in total. The molecule has 2 aromatic rings. The highest BCUT2D eigenvalue weighted by molar-refractivity contribution is 6.33.